The summed E-state index contributed by atoms with van der Waals surface area (Å²) in [6.45, 7) is 4.74. The lowest BCUT2D eigenvalue weighted by Gasteiger charge is -2.12. The fourth-order valence-corrected chi connectivity index (χ4v) is 2.60. The van der Waals surface area contributed by atoms with Crippen LogP contribution in [0.3, 0.4) is 0 Å². The molecule has 0 aliphatic rings. The van der Waals surface area contributed by atoms with Crippen molar-refractivity contribution in [2.24, 2.45) is 5.92 Å². The number of carbonyl (C=O) groups is 1. The van der Waals surface area contributed by atoms with Crippen LogP contribution < -0.4 is 15.4 Å². The molecule has 7 heteroatoms. The minimum Gasteiger partial charge on any atom is -0.508 e. The van der Waals surface area contributed by atoms with Gasteiger partial charge in [-0.25, -0.2) is 0 Å². The van der Waals surface area contributed by atoms with Crippen molar-refractivity contribution < 1.29 is 14.6 Å². The Labute approximate surface area is 160 Å². The average molecular weight is 423 g/mol. The van der Waals surface area contributed by atoms with Crippen molar-refractivity contribution in [3.05, 3.63) is 52.5 Å². The minimum absolute atomic E-state index is 0.158. The van der Waals surface area contributed by atoms with E-state index < -0.39 is 0 Å². The monoisotopic (exact) mass is 422 g/mol. The summed E-state index contributed by atoms with van der Waals surface area (Å²) < 4.78 is 6.37. The van der Waals surface area contributed by atoms with Gasteiger partial charge in [0.2, 0.25) is 0 Å². The maximum Gasteiger partial charge on any atom is 0.257 e. The predicted octanol–water partition coefficient (Wildman–Crippen LogP) is 4.32. The molecule has 0 aliphatic heterocycles. The van der Waals surface area contributed by atoms with Crippen LogP contribution in [-0.2, 0) is 0 Å². The van der Waals surface area contributed by atoms with Crippen molar-refractivity contribution in [1.82, 2.24) is 5.32 Å². The molecule has 0 saturated heterocycles. The third-order valence-corrected chi connectivity index (χ3v) is 3.94. The quantitative estimate of drug-likeness (QED) is 0.494. The lowest BCUT2D eigenvalue weighted by Crippen LogP contribution is -2.34. The molecular formula is C18H19BrN2O3S. The van der Waals surface area contributed by atoms with Gasteiger partial charge in [-0.05, 0) is 76.5 Å². The Balaban J connectivity index is 1.96. The first kappa shape index (κ1) is 19.2. The first-order chi connectivity index (χ1) is 11.8. The van der Waals surface area contributed by atoms with E-state index in [0.29, 0.717) is 34.0 Å². The van der Waals surface area contributed by atoms with Gasteiger partial charge < -0.3 is 15.2 Å². The molecule has 0 fully saturated rings. The zero-order chi connectivity index (χ0) is 18.4. The van der Waals surface area contributed by atoms with Gasteiger partial charge in [-0.3, -0.25) is 10.1 Å². The van der Waals surface area contributed by atoms with Crippen LogP contribution in [0.25, 0.3) is 0 Å². The summed E-state index contributed by atoms with van der Waals surface area (Å²) >= 11 is 8.55. The second-order valence-corrected chi connectivity index (χ2v) is 7.07. The van der Waals surface area contributed by atoms with Gasteiger partial charge in [-0.15, -0.1) is 0 Å². The van der Waals surface area contributed by atoms with Gasteiger partial charge in [0.25, 0.3) is 5.91 Å². The van der Waals surface area contributed by atoms with Crippen molar-refractivity contribution in [3.63, 3.8) is 0 Å². The van der Waals surface area contributed by atoms with Gasteiger partial charge in [0.1, 0.15) is 11.5 Å². The molecule has 0 aliphatic carbocycles. The number of amides is 1. The summed E-state index contributed by atoms with van der Waals surface area (Å²) in [7, 11) is 0. The Morgan fingerprint density at radius 3 is 2.52 bits per heavy atom. The standard InChI is InChI=1S/C18H19BrN2O3S/c1-11(2)10-24-16-8-3-12(9-15(16)19)17(23)21-18(25)20-13-4-6-14(22)7-5-13/h3-9,11,22H,10H2,1-2H3,(H2,20,21,23,25). The number of thiocarbonyl (C=S) groups is 1. The Kier molecular flexibility index (Phi) is 6.78. The highest BCUT2D eigenvalue weighted by Gasteiger charge is 2.11. The van der Waals surface area contributed by atoms with Crippen LogP contribution in [0.15, 0.2) is 46.9 Å². The summed E-state index contributed by atoms with van der Waals surface area (Å²) in [5.74, 6) is 0.936. The van der Waals surface area contributed by atoms with Crippen LogP contribution >= 0.6 is 28.1 Å². The number of ether oxygens (including phenoxy) is 1. The molecule has 1 amide bonds. The fourth-order valence-electron chi connectivity index (χ4n) is 1.90. The van der Waals surface area contributed by atoms with Gasteiger partial charge in [0.15, 0.2) is 5.11 Å². The van der Waals surface area contributed by atoms with Crippen LogP contribution in [0.2, 0.25) is 0 Å². The maximum absolute atomic E-state index is 12.3. The molecule has 0 aromatic heterocycles. The molecule has 2 rings (SSSR count). The zero-order valence-corrected chi connectivity index (χ0v) is 16.3. The summed E-state index contributed by atoms with van der Waals surface area (Å²) in [6, 6.07) is 11.5. The van der Waals surface area contributed by atoms with E-state index in [4.69, 9.17) is 17.0 Å². The number of nitrogens with one attached hydrogen (secondary N) is 2. The van der Waals surface area contributed by atoms with Gasteiger partial charge in [-0.1, -0.05) is 13.8 Å². The van der Waals surface area contributed by atoms with Gasteiger partial charge >= 0.3 is 0 Å². The Bertz CT molecular complexity index is 763. The van der Waals surface area contributed by atoms with Gasteiger partial charge in [0, 0.05) is 11.3 Å². The first-order valence-corrected chi connectivity index (χ1v) is 8.89. The number of hydrogen-bond donors (Lipinski definition) is 3. The largest absolute Gasteiger partial charge is 0.508 e. The summed E-state index contributed by atoms with van der Waals surface area (Å²) in [5, 5.41) is 14.9. The summed E-state index contributed by atoms with van der Waals surface area (Å²) in [6.07, 6.45) is 0. The molecule has 25 heavy (non-hydrogen) atoms. The average Bonchev–Trinajstić information content (AvgIpc) is 2.55. The lowest BCUT2D eigenvalue weighted by atomic mass is 10.2. The molecule has 0 atom stereocenters. The molecule has 0 heterocycles. The molecule has 2 aromatic rings. The Morgan fingerprint density at radius 1 is 1.24 bits per heavy atom. The number of hydrogen-bond acceptors (Lipinski definition) is 4. The molecule has 0 saturated carbocycles. The molecule has 132 valence electrons. The Morgan fingerprint density at radius 2 is 1.92 bits per heavy atom. The molecule has 5 nitrogen and oxygen atoms in total. The highest BCUT2D eigenvalue weighted by molar-refractivity contribution is 9.10. The molecule has 3 N–H and O–H groups in total. The van der Waals surface area contributed by atoms with Gasteiger partial charge in [-0.2, -0.15) is 0 Å². The molecular weight excluding hydrogens is 404 g/mol. The lowest BCUT2D eigenvalue weighted by molar-refractivity contribution is 0.0977. The van der Waals surface area contributed by atoms with E-state index in [1.165, 1.54) is 12.1 Å². The topological polar surface area (TPSA) is 70.6 Å². The van der Waals surface area contributed by atoms with E-state index in [1.54, 1.807) is 30.3 Å². The second-order valence-electron chi connectivity index (χ2n) is 5.81. The molecule has 0 radical (unpaired) electrons. The van der Waals surface area contributed by atoms with E-state index in [2.05, 4.69) is 40.4 Å². The number of rotatable bonds is 5. The van der Waals surface area contributed by atoms with E-state index in [1.807, 2.05) is 0 Å². The fraction of sp³-hybridized carbons (Fsp3) is 0.222. The van der Waals surface area contributed by atoms with E-state index in [9.17, 15) is 9.90 Å². The Hall–Kier alpha value is -2.12. The van der Waals surface area contributed by atoms with Crippen molar-refractivity contribution in [2.45, 2.75) is 13.8 Å². The van der Waals surface area contributed by atoms with Crippen LogP contribution in [0.5, 0.6) is 11.5 Å². The summed E-state index contributed by atoms with van der Waals surface area (Å²) in [5.41, 5.74) is 1.13. The SMILES string of the molecule is CC(C)COc1ccc(C(=O)NC(=S)Nc2ccc(O)cc2)cc1Br. The van der Waals surface area contributed by atoms with Gasteiger partial charge in [0.05, 0.1) is 11.1 Å². The van der Waals surface area contributed by atoms with E-state index >= 15 is 0 Å². The number of carbonyl (C=O) groups excluding carboxylic acids is 1. The third kappa shape index (κ3) is 6.03. The number of phenolic OH excluding ortho intramolecular Hbond substituents is 1. The van der Waals surface area contributed by atoms with E-state index in [0.717, 1.165) is 0 Å². The molecule has 2 aromatic carbocycles. The summed E-state index contributed by atoms with van der Waals surface area (Å²) in [4.78, 5) is 12.3. The van der Waals surface area contributed by atoms with Crippen molar-refractivity contribution in [1.29, 1.82) is 0 Å². The highest BCUT2D eigenvalue weighted by Crippen LogP contribution is 2.26. The molecule has 0 unspecified atom stereocenters. The molecule has 0 spiro atoms. The van der Waals surface area contributed by atoms with E-state index in [-0.39, 0.29) is 16.8 Å². The van der Waals surface area contributed by atoms with Crippen molar-refractivity contribution in [2.75, 3.05) is 11.9 Å². The first-order valence-electron chi connectivity index (χ1n) is 7.69. The van der Waals surface area contributed by atoms with Crippen molar-refractivity contribution in [3.8, 4) is 11.5 Å². The van der Waals surface area contributed by atoms with Crippen LogP contribution in [0.1, 0.15) is 24.2 Å². The number of benzene rings is 2. The zero-order valence-electron chi connectivity index (χ0n) is 13.9. The minimum atomic E-state index is -0.326. The van der Waals surface area contributed by atoms with Crippen molar-refractivity contribution >= 4 is 44.9 Å². The normalized spacial score (nSPS) is 10.4. The second kappa shape index (κ2) is 8.82. The number of anilines is 1. The smallest absolute Gasteiger partial charge is 0.257 e. The number of aromatic hydroxyl groups is 1. The molecule has 0 bridgehead atoms. The van der Waals surface area contributed by atoms with Crippen LogP contribution in [-0.4, -0.2) is 22.7 Å². The predicted molar refractivity (Wildman–Crippen MR) is 106 cm³/mol. The van der Waals surface area contributed by atoms with Crippen LogP contribution in [0, 0.1) is 5.92 Å². The third-order valence-electron chi connectivity index (χ3n) is 3.12. The highest BCUT2D eigenvalue weighted by atomic mass is 79.9. The number of halogens is 1. The van der Waals surface area contributed by atoms with Crippen LogP contribution in [0.4, 0.5) is 5.69 Å². The maximum atomic E-state index is 12.3. The number of phenols is 1.